The predicted octanol–water partition coefficient (Wildman–Crippen LogP) is 2.22. The summed E-state index contributed by atoms with van der Waals surface area (Å²) in [4.78, 5) is 27.5. The molecule has 0 saturated carbocycles. The molecule has 0 unspecified atom stereocenters. The van der Waals surface area contributed by atoms with Gasteiger partial charge in [-0.05, 0) is 45.9 Å². The van der Waals surface area contributed by atoms with Crippen LogP contribution in [0, 0.1) is 6.92 Å². The summed E-state index contributed by atoms with van der Waals surface area (Å²) in [5.74, 6) is -0.530. The Morgan fingerprint density at radius 1 is 1.32 bits per heavy atom. The Hall–Kier alpha value is -2.41. The number of aromatic nitrogens is 3. The second kappa shape index (κ2) is 8.11. The first kappa shape index (κ1) is 18.9. The van der Waals surface area contributed by atoms with Crippen LogP contribution in [0.1, 0.15) is 37.0 Å². The van der Waals surface area contributed by atoms with Crippen molar-refractivity contribution in [2.75, 3.05) is 13.1 Å². The van der Waals surface area contributed by atoms with Crippen molar-refractivity contribution in [2.45, 2.75) is 33.7 Å². The fourth-order valence-electron chi connectivity index (χ4n) is 2.31. The molecule has 0 bridgehead atoms. The van der Waals surface area contributed by atoms with Gasteiger partial charge in [0.25, 0.3) is 5.91 Å². The zero-order valence-electron chi connectivity index (χ0n) is 14.8. The molecular weight excluding hydrogens is 342 g/mol. The molecule has 1 N–H and O–H groups in total. The van der Waals surface area contributed by atoms with E-state index in [-0.39, 0.29) is 30.1 Å². The lowest BCUT2D eigenvalue weighted by molar-refractivity contribution is -0.122. The number of nitrogens with one attached hydrogen (secondary N) is 1. The lowest BCUT2D eigenvalue weighted by Gasteiger charge is -2.20. The van der Waals surface area contributed by atoms with E-state index in [2.05, 4.69) is 15.5 Å². The van der Waals surface area contributed by atoms with Crippen molar-refractivity contribution < 1.29 is 9.59 Å². The fourth-order valence-corrected chi connectivity index (χ4v) is 2.49. The van der Waals surface area contributed by atoms with Gasteiger partial charge in [0.05, 0.1) is 17.9 Å². The summed E-state index contributed by atoms with van der Waals surface area (Å²) in [6.07, 6.45) is 0. The van der Waals surface area contributed by atoms with Gasteiger partial charge in [-0.15, -0.1) is 5.10 Å². The Labute approximate surface area is 152 Å². The van der Waals surface area contributed by atoms with E-state index in [4.69, 9.17) is 11.6 Å². The van der Waals surface area contributed by atoms with Crippen LogP contribution in [0.2, 0.25) is 5.02 Å². The highest BCUT2D eigenvalue weighted by Gasteiger charge is 2.23. The van der Waals surface area contributed by atoms with Gasteiger partial charge < -0.3 is 10.2 Å². The molecule has 0 radical (unpaired) electrons. The van der Waals surface area contributed by atoms with Crippen LogP contribution >= 0.6 is 11.6 Å². The Balaban J connectivity index is 2.22. The van der Waals surface area contributed by atoms with Crippen LogP contribution in [0.4, 0.5) is 0 Å². The van der Waals surface area contributed by atoms with E-state index in [0.29, 0.717) is 22.9 Å². The molecule has 1 aromatic heterocycles. The third-order valence-corrected chi connectivity index (χ3v) is 3.71. The first-order valence-electron chi connectivity index (χ1n) is 8.10. The SMILES string of the molecule is CCN(CC(=O)NC(C)C)C(=O)c1nn(-c2cccc(Cl)c2)nc1C. The van der Waals surface area contributed by atoms with E-state index >= 15 is 0 Å². The molecule has 0 aliphatic carbocycles. The zero-order chi connectivity index (χ0) is 18.6. The Kier molecular flexibility index (Phi) is 6.14. The zero-order valence-corrected chi connectivity index (χ0v) is 15.5. The van der Waals surface area contributed by atoms with Gasteiger partial charge in [0.2, 0.25) is 5.91 Å². The number of carbonyl (C=O) groups is 2. The predicted molar refractivity (Wildman–Crippen MR) is 96.0 cm³/mol. The van der Waals surface area contributed by atoms with E-state index in [1.165, 1.54) is 9.70 Å². The van der Waals surface area contributed by atoms with Crippen molar-refractivity contribution in [3.05, 3.63) is 40.7 Å². The molecule has 7 nitrogen and oxygen atoms in total. The lowest BCUT2D eigenvalue weighted by Crippen LogP contribution is -2.43. The number of nitrogens with zero attached hydrogens (tertiary/aromatic N) is 4. The summed E-state index contributed by atoms with van der Waals surface area (Å²) in [6.45, 7) is 7.65. The average molecular weight is 364 g/mol. The molecule has 2 amide bonds. The number of rotatable bonds is 6. The molecule has 134 valence electrons. The number of hydrogen-bond acceptors (Lipinski definition) is 4. The van der Waals surface area contributed by atoms with E-state index < -0.39 is 0 Å². The molecule has 1 aromatic carbocycles. The molecule has 2 rings (SSSR count). The van der Waals surface area contributed by atoms with Gasteiger partial charge in [0.1, 0.15) is 0 Å². The molecule has 25 heavy (non-hydrogen) atoms. The first-order chi connectivity index (χ1) is 11.8. The molecule has 0 atom stereocenters. The van der Waals surface area contributed by atoms with Crippen molar-refractivity contribution in [3.8, 4) is 5.69 Å². The number of amides is 2. The van der Waals surface area contributed by atoms with Crippen LogP contribution in [0.5, 0.6) is 0 Å². The Morgan fingerprint density at radius 3 is 2.64 bits per heavy atom. The summed E-state index contributed by atoms with van der Waals surface area (Å²) >= 11 is 5.99. The van der Waals surface area contributed by atoms with Gasteiger partial charge in [0, 0.05) is 17.6 Å². The second-order valence-electron chi connectivity index (χ2n) is 5.94. The van der Waals surface area contributed by atoms with Crippen molar-refractivity contribution in [3.63, 3.8) is 0 Å². The second-order valence-corrected chi connectivity index (χ2v) is 6.38. The largest absolute Gasteiger partial charge is 0.352 e. The van der Waals surface area contributed by atoms with Gasteiger partial charge in [-0.2, -0.15) is 9.90 Å². The van der Waals surface area contributed by atoms with Gasteiger partial charge in [0.15, 0.2) is 5.69 Å². The quantitative estimate of drug-likeness (QED) is 0.853. The molecule has 0 aliphatic heterocycles. The highest BCUT2D eigenvalue weighted by Crippen LogP contribution is 2.15. The standard InChI is InChI=1S/C17H22ClN5O2/c1-5-22(10-15(24)19-11(2)3)17(25)16-12(4)20-23(21-16)14-8-6-7-13(18)9-14/h6-9,11H,5,10H2,1-4H3,(H,19,24). The summed E-state index contributed by atoms with van der Waals surface area (Å²) in [6, 6.07) is 7.06. The monoisotopic (exact) mass is 363 g/mol. The van der Waals surface area contributed by atoms with Gasteiger partial charge in [-0.3, -0.25) is 9.59 Å². The summed E-state index contributed by atoms with van der Waals surface area (Å²) in [5.41, 5.74) is 1.38. The number of hydrogen-bond donors (Lipinski definition) is 1. The lowest BCUT2D eigenvalue weighted by atomic mass is 10.3. The number of benzene rings is 1. The van der Waals surface area contributed by atoms with Crippen LogP contribution in [-0.4, -0.2) is 50.8 Å². The summed E-state index contributed by atoms with van der Waals surface area (Å²) in [5, 5.41) is 11.9. The van der Waals surface area contributed by atoms with Crippen molar-refractivity contribution in [2.24, 2.45) is 0 Å². The van der Waals surface area contributed by atoms with Crippen LogP contribution in [0.3, 0.4) is 0 Å². The number of aryl methyl sites for hydroxylation is 1. The van der Waals surface area contributed by atoms with Crippen molar-refractivity contribution >= 4 is 23.4 Å². The van der Waals surface area contributed by atoms with Gasteiger partial charge in [-0.1, -0.05) is 17.7 Å². The summed E-state index contributed by atoms with van der Waals surface area (Å²) in [7, 11) is 0. The highest BCUT2D eigenvalue weighted by molar-refractivity contribution is 6.30. The minimum Gasteiger partial charge on any atom is -0.352 e. The molecule has 8 heteroatoms. The Morgan fingerprint density at radius 2 is 2.04 bits per heavy atom. The third-order valence-electron chi connectivity index (χ3n) is 3.48. The third kappa shape index (κ3) is 4.79. The highest BCUT2D eigenvalue weighted by atomic mass is 35.5. The van der Waals surface area contributed by atoms with Gasteiger partial charge >= 0.3 is 0 Å². The maximum absolute atomic E-state index is 12.7. The number of carbonyl (C=O) groups excluding carboxylic acids is 2. The van der Waals surface area contributed by atoms with E-state index in [0.717, 1.165) is 0 Å². The molecule has 0 aliphatic rings. The fraction of sp³-hybridized carbons (Fsp3) is 0.412. The average Bonchev–Trinajstić information content (AvgIpc) is 2.93. The van der Waals surface area contributed by atoms with Crippen molar-refractivity contribution in [1.82, 2.24) is 25.2 Å². The smallest absolute Gasteiger partial charge is 0.276 e. The number of halogens is 1. The maximum Gasteiger partial charge on any atom is 0.276 e. The van der Waals surface area contributed by atoms with E-state index in [9.17, 15) is 9.59 Å². The molecule has 0 saturated heterocycles. The Bertz CT molecular complexity index is 772. The van der Waals surface area contributed by atoms with Crippen LogP contribution in [-0.2, 0) is 4.79 Å². The molecule has 0 spiro atoms. The minimum atomic E-state index is -0.327. The summed E-state index contributed by atoms with van der Waals surface area (Å²) < 4.78 is 0. The first-order valence-corrected chi connectivity index (χ1v) is 8.48. The van der Waals surface area contributed by atoms with Crippen molar-refractivity contribution in [1.29, 1.82) is 0 Å². The van der Waals surface area contributed by atoms with Crippen LogP contribution in [0.25, 0.3) is 5.69 Å². The minimum absolute atomic E-state index is 0.0169. The number of likely N-dealkylation sites (N-methyl/N-ethyl adjacent to an activating group) is 1. The molecule has 1 heterocycles. The van der Waals surface area contributed by atoms with Gasteiger partial charge in [-0.25, -0.2) is 0 Å². The maximum atomic E-state index is 12.7. The van der Waals surface area contributed by atoms with Crippen LogP contribution < -0.4 is 5.32 Å². The molecule has 2 aromatic rings. The molecular formula is C17H22ClN5O2. The molecule has 0 fully saturated rings. The van der Waals surface area contributed by atoms with Crippen LogP contribution in [0.15, 0.2) is 24.3 Å². The topological polar surface area (TPSA) is 80.1 Å². The normalized spacial score (nSPS) is 10.8. The van der Waals surface area contributed by atoms with E-state index in [1.807, 2.05) is 20.8 Å². The van der Waals surface area contributed by atoms with E-state index in [1.54, 1.807) is 31.2 Å².